The maximum Gasteiger partial charge on any atom is -0.0279 e. The maximum absolute atomic E-state index is 3.06. The predicted octanol–water partition coefficient (Wildman–Crippen LogP) is 12.2. The molecule has 4 heteroatoms. The Hall–Kier alpha value is -2.22. The summed E-state index contributed by atoms with van der Waals surface area (Å²) in [6, 6.07) is 43.9. The van der Waals surface area contributed by atoms with Crippen LogP contribution in [-0.2, 0) is 23.3 Å². The molecule has 0 aliphatic heterocycles. The molecule has 0 atom stereocenters. The number of hydrogen-bond donors (Lipinski definition) is 0. The van der Waals surface area contributed by atoms with Crippen LogP contribution in [0, 0.1) is 21.8 Å². The number of rotatable bonds is 3. The number of hydrogen-bond acceptors (Lipinski definition) is 0. The van der Waals surface area contributed by atoms with E-state index in [1.807, 2.05) is 0 Å². The summed E-state index contributed by atoms with van der Waals surface area (Å²) in [4.78, 5) is 0. The molecule has 2 radical (unpaired) electrons. The van der Waals surface area contributed by atoms with Crippen LogP contribution in [0.5, 0.6) is 0 Å². The van der Waals surface area contributed by atoms with Crippen LogP contribution in [0.1, 0.15) is 49.1 Å². The van der Waals surface area contributed by atoms with E-state index in [0.717, 1.165) is 5.92 Å². The molecule has 1 aliphatic rings. The molecule has 0 nitrogen and oxygen atoms in total. The van der Waals surface area contributed by atoms with Gasteiger partial charge in [-0.1, -0.05) is 110 Å². The summed E-state index contributed by atoms with van der Waals surface area (Å²) in [6.07, 6.45) is 6.97. The zero-order valence-electron chi connectivity index (χ0n) is 25.5. The van der Waals surface area contributed by atoms with Crippen LogP contribution in [0.25, 0.3) is 43.8 Å². The Morgan fingerprint density at radius 2 is 1.05 bits per heavy atom. The summed E-state index contributed by atoms with van der Waals surface area (Å²) in [7, 11) is 0. The fourth-order valence-corrected chi connectivity index (χ4v) is 6.05. The summed E-state index contributed by atoms with van der Waals surface area (Å²) in [5.74, 6) is 0.787. The van der Waals surface area contributed by atoms with E-state index < -0.39 is 0 Å². The number of aryl methyl sites for hydroxylation is 1. The van der Waals surface area contributed by atoms with Crippen molar-refractivity contribution in [1.82, 2.24) is 0 Å². The number of benzene rings is 4. The van der Waals surface area contributed by atoms with Gasteiger partial charge in [0.1, 0.15) is 0 Å². The first-order chi connectivity index (χ1) is 19.3. The van der Waals surface area contributed by atoms with Crippen molar-refractivity contribution in [2.75, 3.05) is 0 Å². The van der Waals surface area contributed by atoms with Crippen molar-refractivity contribution in [2.24, 2.45) is 0 Å². The van der Waals surface area contributed by atoms with E-state index >= 15 is 0 Å². The summed E-state index contributed by atoms with van der Waals surface area (Å²) in [6.45, 7) is 5.21. The predicted molar refractivity (Wildman–Crippen MR) is 194 cm³/mol. The van der Waals surface area contributed by atoms with E-state index in [-0.39, 0.29) is 39.7 Å². The van der Waals surface area contributed by atoms with Crippen LogP contribution in [-0.4, -0.2) is 6.88 Å². The van der Waals surface area contributed by atoms with E-state index in [4.69, 9.17) is 0 Å². The van der Waals surface area contributed by atoms with Gasteiger partial charge in [0, 0.05) is 0 Å². The molecule has 0 N–H and O–H groups in total. The van der Waals surface area contributed by atoms with Gasteiger partial charge in [0.25, 0.3) is 0 Å². The van der Waals surface area contributed by atoms with Gasteiger partial charge in [-0.2, -0.15) is 12.1 Å². The van der Waals surface area contributed by atoms with Crippen LogP contribution in [0.2, 0.25) is 0 Å². The normalized spacial score (nSPS) is 12.1. The van der Waals surface area contributed by atoms with E-state index in [1.54, 1.807) is 5.56 Å². The number of halogens is 2. The Kier molecular flexibility index (Phi) is 17.4. The Morgan fingerprint density at radius 1 is 0.581 bits per heavy atom. The largest absolute Gasteiger partial charge is 0.164 e. The molecule has 43 heavy (non-hydrogen) atoms. The average molecular weight is 701 g/mol. The van der Waals surface area contributed by atoms with Crippen molar-refractivity contribution in [3.63, 3.8) is 0 Å². The van der Waals surface area contributed by atoms with Gasteiger partial charge in [0.05, 0.1) is 0 Å². The van der Waals surface area contributed by atoms with Crippen LogP contribution < -0.4 is 0 Å². The first kappa shape index (κ1) is 38.8. The molecule has 0 unspecified atom stereocenters. The molecule has 7 rings (SSSR count). The molecule has 6 aromatic carbocycles. The van der Waals surface area contributed by atoms with Crippen LogP contribution >= 0.6 is 24.8 Å². The standard InChI is InChI=1S/C21H21.C16H13.2CH3.2ClH.Si.Zr/c1-3-8-16(9-4-1)19-14-18-12-7-13-20(21(18)15-19)17-10-5-2-6-11-17;1-12-10-14-8-5-9-15(16(14)11-12)13-6-3-2-4-7-13;;;;;;/h2,5-7,10-16H,1,3-4,8-9H2;2-11H,1H3;2*1H3;2*1H;;/q4*-1;;;;. The van der Waals surface area contributed by atoms with Crippen molar-refractivity contribution < 1.29 is 23.3 Å². The summed E-state index contributed by atoms with van der Waals surface area (Å²) >= 11 is 1.36. The molecule has 0 bridgehead atoms. The summed E-state index contributed by atoms with van der Waals surface area (Å²) in [5.41, 5.74) is 8.20. The molecule has 1 fully saturated rings. The third-order valence-electron chi connectivity index (χ3n) is 7.91. The first-order valence-corrected chi connectivity index (χ1v) is 18.2. The van der Waals surface area contributed by atoms with Gasteiger partial charge in [0.2, 0.25) is 0 Å². The van der Waals surface area contributed by atoms with E-state index in [1.165, 1.54) is 105 Å². The van der Waals surface area contributed by atoms with Crippen LogP contribution in [0.15, 0.2) is 121 Å². The molecule has 0 heterocycles. The molecule has 0 saturated heterocycles. The Balaban J connectivity index is 0.000000383. The minimum atomic E-state index is 0. The monoisotopic (exact) mass is 698 g/mol. The van der Waals surface area contributed by atoms with Gasteiger partial charge >= 0.3 is 30.2 Å². The second kappa shape index (κ2) is 19.2. The van der Waals surface area contributed by atoms with Gasteiger partial charge in [0.15, 0.2) is 0 Å². The molecular weight excluding hydrogens is 659 g/mol. The second-order valence-electron chi connectivity index (χ2n) is 10.5. The minimum Gasteiger partial charge on any atom is -0.164 e. The summed E-state index contributed by atoms with van der Waals surface area (Å²) in [5, 5.41) is 5.51. The van der Waals surface area contributed by atoms with Crippen molar-refractivity contribution >= 4 is 53.2 Å². The van der Waals surface area contributed by atoms with Gasteiger partial charge in [-0.3, -0.25) is 0 Å². The number of fused-ring (bicyclic) bond motifs is 2. The molecule has 0 aromatic heterocycles. The second-order valence-corrected chi connectivity index (χ2v) is 10.5. The van der Waals surface area contributed by atoms with E-state index in [2.05, 4.69) is 135 Å². The third kappa shape index (κ3) is 9.39. The minimum absolute atomic E-state index is 0. The Morgan fingerprint density at radius 3 is 1.56 bits per heavy atom. The molecular formula is C39H42Cl2SiZr-4. The van der Waals surface area contributed by atoms with Crippen molar-refractivity contribution in [2.45, 2.75) is 44.9 Å². The molecule has 0 spiro atoms. The molecule has 224 valence electrons. The van der Waals surface area contributed by atoms with Crippen LogP contribution in [0.3, 0.4) is 0 Å². The Bertz CT molecular complexity index is 1630. The van der Waals surface area contributed by atoms with Crippen LogP contribution in [0.4, 0.5) is 0 Å². The van der Waals surface area contributed by atoms with Crippen molar-refractivity contribution in [3.8, 4) is 22.3 Å². The molecule has 6 aromatic rings. The van der Waals surface area contributed by atoms with Gasteiger partial charge in [-0.25, -0.2) is 0 Å². The van der Waals surface area contributed by atoms with E-state index in [9.17, 15) is 0 Å². The zero-order chi connectivity index (χ0) is 27.0. The maximum atomic E-state index is 3.06. The van der Waals surface area contributed by atoms with Crippen molar-refractivity contribution in [1.29, 1.82) is 0 Å². The SMILES string of the molecule is Cc1cc2c(-c3ccccc3)cccc2[cH-]1.Cl.Cl.[CH3-].[CH3-].[Si]=[Zr].c1ccc(-c2cccc3[cH-]c(C4CCCCC4)cc23)cc1. The smallest absolute Gasteiger partial charge is 0.0279 e. The van der Waals surface area contributed by atoms with Gasteiger partial charge in [-0.05, 0) is 29.9 Å². The average Bonchev–Trinajstić information content (AvgIpc) is 3.63. The molecule has 1 aliphatic carbocycles. The third-order valence-corrected chi connectivity index (χ3v) is 7.91. The molecule has 1 saturated carbocycles. The quantitative estimate of drug-likeness (QED) is 0.127. The van der Waals surface area contributed by atoms with Gasteiger partial charge in [-0.15, -0.1) is 93.9 Å². The van der Waals surface area contributed by atoms with Gasteiger partial charge < -0.3 is 14.9 Å². The zero-order valence-corrected chi connectivity index (χ0v) is 30.6. The first-order valence-electron chi connectivity index (χ1n) is 14.0. The Labute approximate surface area is 289 Å². The van der Waals surface area contributed by atoms with E-state index in [0.29, 0.717) is 0 Å². The fraction of sp³-hybridized carbons (Fsp3) is 0.179. The topological polar surface area (TPSA) is 0 Å². The van der Waals surface area contributed by atoms with Crippen molar-refractivity contribution in [3.05, 3.63) is 147 Å². The fourth-order valence-electron chi connectivity index (χ4n) is 6.05. The molecule has 0 amide bonds. The summed E-state index contributed by atoms with van der Waals surface area (Å²) < 4.78 is 0.